The minimum atomic E-state index is -0.190. The van der Waals surface area contributed by atoms with Crippen LogP contribution in [0.2, 0.25) is 0 Å². The number of nitrogens with one attached hydrogen (secondary N) is 1. The molecule has 0 aliphatic carbocycles. The Kier molecular flexibility index (Phi) is 10.7. The second-order valence-corrected chi connectivity index (χ2v) is 8.48. The number of rotatable bonds is 6. The lowest BCUT2D eigenvalue weighted by molar-refractivity contribution is -0.146. The summed E-state index contributed by atoms with van der Waals surface area (Å²) in [5.74, 6) is 0.499. The van der Waals surface area contributed by atoms with Gasteiger partial charge in [-0.15, -0.1) is 24.0 Å². The van der Waals surface area contributed by atoms with Gasteiger partial charge in [-0.25, -0.2) is 0 Å². The Morgan fingerprint density at radius 1 is 1.16 bits per heavy atom. The van der Waals surface area contributed by atoms with Gasteiger partial charge in [0.05, 0.1) is 18.9 Å². The van der Waals surface area contributed by atoms with Gasteiger partial charge in [-0.05, 0) is 43.4 Å². The van der Waals surface area contributed by atoms with E-state index >= 15 is 0 Å². The smallest absolute Gasteiger partial charge is 0.308 e. The van der Waals surface area contributed by atoms with Crippen LogP contribution in [0.4, 0.5) is 0 Å². The number of primary amides is 1. The molecule has 1 atom stereocenters. The third-order valence-corrected chi connectivity index (χ3v) is 6.30. The van der Waals surface area contributed by atoms with Gasteiger partial charge < -0.3 is 20.7 Å². The van der Waals surface area contributed by atoms with Gasteiger partial charge in [0.1, 0.15) is 0 Å². The first-order chi connectivity index (χ1) is 15.0. The summed E-state index contributed by atoms with van der Waals surface area (Å²) >= 11 is 0. The van der Waals surface area contributed by atoms with Crippen molar-refractivity contribution in [2.45, 2.75) is 38.8 Å². The zero-order valence-electron chi connectivity index (χ0n) is 19.1. The third kappa shape index (κ3) is 7.33. The van der Waals surface area contributed by atoms with Gasteiger partial charge in [-0.2, -0.15) is 0 Å². The summed E-state index contributed by atoms with van der Waals surface area (Å²) in [6.07, 6.45) is 3.47. The van der Waals surface area contributed by atoms with E-state index in [1.807, 2.05) is 0 Å². The van der Waals surface area contributed by atoms with Crippen molar-refractivity contribution in [2.24, 2.45) is 22.6 Å². The van der Waals surface area contributed by atoms with Crippen molar-refractivity contribution in [1.82, 2.24) is 15.1 Å². The summed E-state index contributed by atoms with van der Waals surface area (Å²) in [5.41, 5.74) is 7.93. The number of ether oxygens (including phenoxy) is 1. The summed E-state index contributed by atoms with van der Waals surface area (Å²) in [6, 6.07) is 8.52. The number of amides is 1. The summed E-state index contributed by atoms with van der Waals surface area (Å²) in [7, 11) is 3.24. The molecule has 2 aliphatic heterocycles. The minimum Gasteiger partial charge on any atom is -0.469 e. The second-order valence-electron chi connectivity index (χ2n) is 8.48. The predicted molar refractivity (Wildman–Crippen MR) is 136 cm³/mol. The van der Waals surface area contributed by atoms with Crippen LogP contribution >= 0.6 is 24.0 Å². The summed E-state index contributed by atoms with van der Waals surface area (Å²) in [4.78, 5) is 32.2. The van der Waals surface area contributed by atoms with Gasteiger partial charge in [-0.3, -0.25) is 19.5 Å². The normalized spacial score (nSPS) is 20.4. The maximum absolute atomic E-state index is 11.7. The number of benzene rings is 1. The maximum Gasteiger partial charge on any atom is 0.308 e. The van der Waals surface area contributed by atoms with Gasteiger partial charge in [0, 0.05) is 39.8 Å². The number of nitrogens with two attached hydrogens (primary N) is 1. The quantitative estimate of drug-likeness (QED) is 0.240. The number of carbonyl (C=O) groups is 2. The molecule has 0 saturated carbocycles. The maximum atomic E-state index is 11.7. The molecule has 1 unspecified atom stereocenters. The Morgan fingerprint density at radius 3 is 2.53 bits per heavy atom. The molecule has 0 aromatic heterocycles. The SMILES string of the molecule is CN=C(NCc1cccc(CN2CCCC(C(N)=O)C2)c1)N1CCC(C(=O)OC)CC1.I. The van der Waals surface area contributed by atoms with E-state index in [1.54, 1.807) is 7.05 Å². The first kappa shape index (κ1) is 26.4. The highest BCUT2D eigenvalue weighted by Gasteiger charge is 2.27. The first-order valence-electron chi connectivity index (χ1n) is 11.1. The van der Waals surface area contributed by atoms with Crippen LogP contribution in [0.15, 0.2) is 29.3 Å². The van der Waals surface area contributed by atoms with E-state index in [4.69, 9.17) is 10.5 Å². The van der Waals surface area contributed by atoms with Crippen LogP contribution in [0.3, 0.4) is 0 Å². The Hall–Kier alpha value is -1.88. The number of esters is 1. The van der Waals surface area contributed by atoms with Crippen LogP contribution in [0.25, 0.3) is 0 Å². The van der Waals surface area contributed by atoms with Crippen molar-refractivity contribution >= 4 is 41.8 Å². The van der Waals surface area contributed by atoms with E-state index in [2.05, 4.69) is 44.4 Å². The van der Waals surface area contributed by atoms with E-state index in [0.29, 0.717) is 6.54 Å². The highest BCUT2D eigenvalue weighted by molar-refractivity contribution is 14.0. The molecule has 32 heavy (non-hydrogen) atoms. The van der Waals surface area contributed by atoms with E-state index in [-0.39, 0.29) is 47.7 Å². The minimum absolute atomic E-state index is 0. The molecule has 0 radical (unpaired) electrons. The number of hydrogen-bond donors (Lipinski definition) is 2. The fourth-order valence-electron chi connectivity index (χ4n) is 4.53. The molecule has 2 heterocycles. The zero-order chi connectivity index (χ0) is 22.2. The number of likely N-dealkylation sites (tertiary alicyclic amines) is 2. The van der Waals surface area contributed by atoms with Crippen LogP contribution in [0.5, 0.6) is 0 Å². The zero-order valence-corrected chi connectivity index (χ0v) is 21.4. The van der Waals surface area contributed by atoms with E-state index in [0.717, 1.165) is 64.4 Å². The van der Waals surface area contributed by atoms with Gasteiger partial charge in [0.2, 0.25) is 5.91 Å². The Bertz CT molecular complexity index is 796. The molecule has 3 rings (SSSR count). The highest BCUT2D eigenvalue weighted by Crippen LogP contribution is 2.20. The number of halogens is 1. The fourth-order valence-corrected chi connectivity index (χ4v) is 4.53. The van der Waals surface area contributed by atoms with Gasteiger partial charge >= 0.3 is 5.97 Å². The number of nitrogens with zero attached hydrogens (tertiary/aromatic N) is 3. The molecule has 8 nitrogen and oxygen atoms in total. The molecule has 2 saturated heterocycles. The lowest BCUT2D eigenvalue weighted by Crippen LogP contribution is -2.46. The van der Waals surface area contributed by atoms with Crippen LogP contribution in [-0.2, 0) is 27.4 Å². The van der Waals surface area contributed by atoms with Gasteiger partial charge in [0.25, 0.3) is 0 Å². The van der Waals surface area contributed by atoms with E-state index in [1.165, 1.54) is 18.2 Å². The molecular weight excluding hydrogens is 521 g/mol. The Morgan fingerprint density at radius 2 is 1.88 bits per heavy atom. The Labute approximate surface area is 208 Å². The Balaban J connectivity index is 0.00000363. The lowest BCUT2D eigenvalue weighted by Gasteiger charge is -2.33. The topological polar surface area (TPSA) is 100 Å². The molecular formula is C23H36IN5O3. The molecule has 0 spiro atoms. The monoisotopic (exact) mass is 557 g/mol. The van der Waals surface area contributed by atoms with Crippen LogP contribution < -0.4 is 11.1 Å². The van der Waals surface area contributed by atoms with E-state index in [9.17, 15) is 9.59 Å². The molecule has 1 aromatic carbocycles. The average Bonchev–Trinajstić information content (AvgIpc) is 2.80. The molecule has 1 amide bonds. The fraction of sp³-hybridized carbons (Fsp3) is 0.609. The average molecular weight is 557 g/mol. The number of methoxy groups -OCH3 is 1. The summed E-state index contributed by atoms with van der Waals surface area (Å²) < 4.78 is 4.87. The molecule has 1 aromatic rings. The van der Waals surface area contributed by atoms with Crippen molar-refractivity contribution in [3.63, 3.8) is 0 Å². The molecule has 2 fully saturated rings. The summed E-state index contributed by atoms with van der Waals surface area (Å²) in [5, 5.41) is 3.45. The van der Waals surface area contributed by atoms with Crippen LogP contribution in [-0.4, -0.2) is 68.0 Å². The first-order valence-corrected chi connectivity index (χ1v) is 11.1. The lowest BCUT2D eigenvalue weighted by atomic mass is 9.97. The van der Waals surface area contributed by atoms with Gasteiger partial charge in [-0.1, -0.05) is 24.3 Å². The van der Waals surface area contributed by atoms with Crippen LogP contribution in [0, 0.1) is 11.8 Å². The van der Waals surface area contributed by atoms with Crippen molar-refractivity contribution in [3.8, 4) is 0 Å². The number of guanidine groups is 1. The number of piperidine rings is 2. The standard InChI is InChI=1S/C23H35N5O3.HI/c1-25-23(28-11-8-19(9-12-28)22(30)31-2)26-14-17-5-3-6-18(13-17)15-27-10-4-7-20(16-27)21(24)29;/h3,5-6,13,19-20H,4,7-12,14-16H2,1-2H3,(H2,24,29)(H,25,26);1H. The molecule has 0 bridgehead atoms. The molecule has 178 valence electrons. The second kappa shape index (κ2) is 13.0. The largest absolute Gasteiger partial charge is 0.469 e. The predicted octanol–water partition coefficient (Wildman–Crippen LogP) is 1.96. The number of carbonyl (C=O) groups excluding carboxylic acids is 2. The third-order valence-electron chi connectivity index (χ3n) is 6.30. The summed E-state index contributed by atoms with van der Waals surface area (Å²) in [6.45, 7) is 4.83. The highest BCUT2D eigenvalue weighted by atomic mass is 127. The van der Waals surface area contributed by atoms with Crippen molar-refractivity contribution in [3.05, 3.63) is 35.4 Å². The van der Waals surface area contributed by atoms with Crippen molar-refractivity contribution in [1.29, 1.82) is 0 Å². The molecule has 2 aliphatic rings. The molecule has 9 heteroatoms. The van der Waals surface area contributed by atoms with Crippen molar-refractivity contribution < 1.29 is 14.3 Å². The number of aliphatic imine (C=N–C) groups is 1. The van der Waals surface area contributed by atoms with Crippen LogP contribution in [0.1, 0.15) is 36.8 Å². The van der Waals surface area contributed by atoms with Crippen molar-refractivity contribution in [2.75, 3.05) is 40.3 Å². The van der Waals surface area contributed by atoms with Gasteiger partial charge in [0.15, 0.2) is 5.96 Å². The van der Waals surface area contributed by atoms with E-state index < -0.39 is 0 Å². The molecule has 3 N–H and O–H groups in total. The number of hydrogen-bond acceptors (Lipinski definition) is 5.